The summed E-state index contributed by atoms with van der Waals surface area (Å²) in [6.07, 6.45) is 5.56. The van der Waals surface area contributed by atoms with Crippen LogP contribution in [0.1, 0.15) is 36.0 Å². The Morgan fingerprint density at radius 1 is 1.00 bits per heavy atom. The first-order valence-electron chi connectivity index (χ1n) is 7.05. The lowest BCUT2D eigenvalue weighted by atomic mass is 9.91. The van der Waals surface area contributed by atoms with Crippen LogP contribution in [0.25, 0.3) is 0 Å². The standard InChI is InChI=1S/C15H19ClO3/c16-13-12-6-3-8-18-14(12)10(4-1-7-17)11-5-2-9-19-15(11)13/h17H,1-9H2. The molecule has 0 amide bonds. The molecule has 2 aliphatic rings. The first kappa shape index (κ1) is 13.1. The summed E-state index contributed by atoms with van der Waals surface area (Å²) in [5, 5.41) is 9.84. The molecule has 0 unspecified atom stereocenters. The van der Waals surface area contributed by atoms with E-state index in [9.17, 15) is 0 Å². The van der Waals surface area contributed by atoms with Crippen molar-refractivity contribution in [2.24, 2.45) is 0 Å². The smallest absolute Gasteiger partial charge is 0.141 e. The van der Waals surface area contributed by atoms with Gasteiger partial charge in [0.15, 0.2) is 0 Å². The van der Waals surface area contributed by atoms with Crippen LogP contribution in [0, 0.1) is 0 Å². The lowest BCUT2D eigenvalue weighted by Gasteiger charge is -2.29. The minimum absolute atomic E-state index is 0.201. The third-order valence-electron chi connectivity index (χ3n) is 3.87. The Labute approximate surface area is 118 Å². The maximum Gasteiger partial charge on any atom is 0.141 e. The molecule has 3 nitrogen and oxygen atoms in total. The Hall–Kier alpha value is -0.930. The molecule has 0 aromatic heterocycles. The number of hydrogen-bond acceptors (Lipinski definition) is 3. The summed E-state index contributed by atoms with van der Waals surface area (Å²) in [4.78, 5) is 0. The molecule has 2 aliphatic heterocycles. The van der Waals surface area contributed by atoms with E-state index in [2.05, 4.69) is 0 Å². The van der Waals surface area contributed by atoms with E-state index in [0.29, 0.717) is 0 Å². The van der Waals surface area contributed by atoms with Gasteiger partial charge in [-0.2, -0.15) is 0 Å². The van der Waals surface area contributed by atoms with Gasteiger partial charge in [-0.1, -0.05) is 11.6 Å². The van der Waals surface area contributed by atoms with Gasteiger partial charge in [-0.3, -0.25) is 0 Å². The number of benzene rings is 1. The van der Waals surface area contributed by atoms with Crippen LogP contribution in [-0.2, 0) is 19.3 Å². The molecule has 19 heavy (non-hydrogen) atoms. The molecule has 0 radical (unpaired) electrons. The number of aliphatic hydroxyl groups is 1. The van der Waals surface area contributed by atoms with Crippen molar-refractivity contribution in [2.45, 2.75) is 38.5 Å². The van der Waals surface area contributed by atoms with Crippen LogP contribution in [0.5, 0.6) is 11.5 Å². The van der Waals surface area contributed by atoms with Gasteiger partial charge in [0, 0.05) is 23.3 Å². The molecule has 3 rings (SSSR count). The van der Waals surface area contributed by atoms with Gasteiger partial charge in [0.1, 0.15) is 11.5 Å². The van der Waals surface area contributed by atoms with E-state index in [1.54, 1.807) is 0 Å². The molecule has 2 heterocycles. The fourth-order valence-electron chi connectivity index (χ4n) is 3.00. The fraction of sp³-hybridized carbons (Fsp3) is 0.600. The normalized spacial score (nSPS) is 17.2. The highest BCUT2D eigenvalue weighted by Gasteiger charge is 2.28. The molecular weight excluding hydrogens is 264 g/mol. The van der Waals surface area contributed by atoms with E-state index in [1.165, 1.54) is 11.1 Å². The summed E-state index contributed by atoms with van der Waals surface area (Å²) in [6, 6.07) is 0. The number of fused-ring (bicyclic) bond motifs is 2. The van der Waals surface area contributed by atoms with E-state index in [1.807, 2.05) is 0 Å². The molecule has 1 aromatic rings. The molecule has 1 N–H and O–H groups in total. The minimum atomic E-state index is 0.201. The van der Waals surface area contributed by atoms with Gasteiger partial charge in [0.05, 0.1) is 18.2 Å². The van der Waals surface area contributed by atoms with Crippen LogP contribution in [0.15, 0.2) is 0 Å². The average molecular weight is 283 g/mol. The summed E-state index contributed by atoms with van der Waals surface area (Å²) in [5.41, 5.74) is 3.51. The monoisotopic (exact) mass is 282 g/mol. The molecule has 0 saturated heterocycles. The predicted octanol–water partition coefficient (Wildman–Crippen LogP) is 2.91. The van der Waals surface area contributed by atoms with Gasteiger partial charge in [-0.25, -0.2) is 0 Å². The maximum atomic E-state index is 9.09. The lowest BCUT2D eigenvalue weighted by Crippen LogP contribution is -2.18. The van der Waals surface area contributed by atoms with E-state index in [4.69, 9.17) is 26.2 Å². The van der Waals surface area contributed by atoms with Crippen LogP contribution in [0.4, 0.5) is 0 Å². The van der Waals surface area contributed by atoms with Crippen LogP contribution in [0.3, 0.4) is 0 Å². The van der Waals surface area contributed by atoms with Gasteiger partial charge in [0.2, 0.25) is 0 Å². The van der Waals surface area contributed by atoms with Crippen molar-refractivity contribution in [2.75, 3.05) is 19.8 Å². The average Bonchev–Trinajstić information content (AvgIpc) is 2.47. The topological polar surface area (TPSA) is 38.7 Å². The molecule has 104 valence electrons. The van der Waals surface area contributed by atoms with Crippen LogP contribution < -0.4 is 9.47 Å². The Morgan fingerprint density at radius 2 is 1.68 bits per heavy atom. The van der Waals surface area contributed by atoms with E-state index < -0.39 is 0 Å². The van der Waals surface area contributed by atoms with Crippen molar-refractivity contribution < 1.29 is 14.6 Å². The highest BCUT2D eigenvalue weighted by Crippen LogP contribution is 2.46. The third-order valence-corrected chi connectivity index (χ3v) is 4.27. The summed E-state index contributed by atoms with van der Waals surface area (Å²) < 4.78 is 11.7. The second-order valence-corrected chi connectivity index (χ2v) is 5.52. The molecule has 0 spiro atoms. The fourth-order valence-corrected chi connectivity index (χ4v) is 3.35. The van der Waals surface area contributed by atoms with E-state index in [-0.39, 0.29) is 6.61 Å². The van der Waals surface area contributed by atoms with Gasteiger partial charge >= 0.3 is 0 Å². The molecule has 0 atom stereocenters. The second kappa shape index (κ2) is 5.59. The molecule has 1 aromatic carbocycles. The number of ether oxygens (including phenoxy) is 2. The molecule has 0 fully saturated rings. The Kier molecular flexibility index (Phi) is 3.85. The summed E-state index contributed by atoms with van der Waals surface area (Å²) in [7, 11) is 0. The van der Waals surface area contributed by atoms with E-state index >= 15 is 0 Å². The third kappa shape index (κ3) is 2.30. The van der Waals surface area contributed by atoms with Gasteiger partial charge in [-0.05, 0) is 38.5 Å². The molecule has 0 saturated carbocycles. The van der Waals surface area contributed by atoms with Gasteiger partial charge in [-0.15, -0.1) is 0 Å². The van der Waals surface area contributed by atoms with E-state index in [0.717, 1.165) is 73.8 Å². The SMILES string of the molecule is OCCCc1c2c(c(Cl)c3c1OCCC3)OCCC2. The van der Waals surface area contributed by atoms with Crippen molar-refractivity contribution in [3.8, 4) is 11.5 Å². The van der Waals surface area contributed by atoms with Crippen LogP contribution in [-0.4, -0.2) is 24.9 Å². The summed E-state index contributed by atoms with van der Waals surface area (Å²) in [5.74, 6) is 1.83. The predicted molar refractivity (Wildman–Crippen MR) is 74.5 cm³/mol. The van der Waals surface area contributed by atoms with Crippen LogP contribution >= 0.6 is 11.6 Å². The van der Waals surface area contributed by atoms with Crippen molar-refractivity contribution in [1.29, 1.82) is 0 Å². The molecule has 0 aliphatic carbocycles. The molecule has 4 heteroatoms. The lowest BCUT2D eigenvalue weighted by molar-refractivity contribution is 0.265. The zero-order valence-corrected chi connectivity index (χ0v) is 11.8. The quantitative estimate of drug-likeness (QED) is 0.926. The zero-order chi connectivity index (χ0) is 13.2. The summed E-state index contributed by atoms with van der Waals surface area (Å²) in [6.45, 7) is 1.70. The first-order valence-corrected chi connectivity index (χ1v) is 7.43. The largest absolute Gasteiger partial charge is 0.493 e. The number of hydrogen-bond donors (Lipinski definition) is 1. The van der Waals surface area contributed by atoms with Crippen molar-refractivity contribution in [1.82, 2.24) is 0 Å². The Morgan fingerprint density at radius 3 is 2.42 bits per heavy atom. The highest BCUT2D eigenvalue weighted by atomic mass is 35.5. The Bertz CT molecular complexity index is 448. The maximum absolute atomic E-state index is 9.09. The molecular formula is C15H19ClO3. The molecule has 0 bridgehead atoms. The highest BCUT2D eigenvalue weighted by molar-refractivity contribution is 6.33. The second-order valence-electron chi connectivity index (χ2n) is 5.14. The van der Waals surface area contributed by atoms with Gasteiger partial charge < -0.3 is 14.6 Å². The van der Waals surface area contributed by atoms with Crippen molar-refractivity contribution >= 4 is 11.6 Å². The summed E-state index contributed by atoms with van der Waals surface area (Å²) >= 11 is 6.50. The van der Waals surface area contributed by atoms with Crippen LogP contribution in [0.2, 0.25) is 5.02 Å². The Balaban J connectivity index is 2.13. The van der Waals surface area contributed by atoms with Crippen molar-refractivity contribution in [3.05, 3.63) is 21.7 Å². The van der Waals surface area contributed by atoms with Crippen molar-refractivity contribution in [3.63, 3.8) is 0 Å². The number of aliphatic hydroxyl groups excluding tert-OH is 1. The first-order chi connectivity index (χ1) is 9.33. The zero-order valence-electron chi connectivity index (χ0n) is 11.0. The van der Waals surface area contributed by atoms with Gasteiger partial charge in [0.25, 0.3) is 0 Å². The minimum Gasteiger partial charge on any atom is -0.493 e. The number of rotatable bonds is 3. The number of halogens is 1.